The highest BCUT2D eigenvalue weighted by Crippen LogP contribution is 2.31. The number of aromatic nitrogens is 1. The minimum Gasteiger partial charge on any atom is -0.490 e. The number of benzene rings is 3. The fourth-order valence-corrected chi connectivity index (χ4v) is 3.77. The van der Waals surface area contributed by atoms with E-state index in [1.54, 1.807) is 36.4 Å². The summed E-state index contributed by atoms with van der Waals surface area (Å²) in [6, 6.07) is 23.0. The summed E-state index contributed by atoms with van der Waals surface area (Å²) in [4.78, 5) is 37.9. The number of nitrogen functional groups attached to an aromatic ring is 1. The van der Waals surface area contributed by atoms with Gasteiger partial charge in [-0.25, -0.2) is 9.59 Å². The van der Waals surface area contributed by atoms with Crippen molar-refractivity contribution in [3.05, 3.63) is 106 Å². The highest BCUT2D eigenvalue weighted by atomic mass is 16.5. The van der Waals surface area contributed by atoms with Gasteiger partial charge in [-0.2, -0.15) is 0 Å². The highest BCUT2D eigenvalue weighted by Gasteiger charge is 2.26. The Morgan fingerprint density at radius 3 is 1.97 bits per heavy atom. The van der Waals surface area contributed by atoms with Crippen molar-refractivity contribution in [3.63, 3.8) is 0 Å². The molecule has 4 rings (SSSR count). The first-order valence-corrected chi connectivity index (χ1v) is 11.5. The molecule has 5 N–H and O–H groups in total. The fourth-order valence-electron chi connectivity index (χ4n) is 3.77. The van der Waals surface area contributed by atoms with Crippen LogP contribution in [0.4, 0.5) is 5.82 Å². The molecule has 194 valence electrons. The number of nitrogens with two attached hydrogens (primary N) is 1. The highest BCUT2D eigenvalue weighted by molar-refractivity contribution is 6.07. The Hall–Kier alpha value is -5.25. The van der Waals surface area contributed by atoms with Gasteiger partial charge < -0.3 is 35.1 Å². The minimum absolute atomic E-state index is 0.144. The lowest BCUT2D eigenvalue weighted by Gasteiger charge is -2.14. The van der Waals surface area contributed by atoms with Gasteiger partial charge in [0.05, 0.1) is 0 Å². The van der Waals surface area contributed by atoms with E-state index in [9.17, 15) is 24.6 Å². The lowest BCUT2D eigenvalue weighted by Crippen LogP contribution is -2.24. The van der Waals surface area contributed by atoms with Crippen molar-refractivity contribution in [1.29, 1.82) is 0 Å². The normalized spacial score (nSPS) is 10.5. The van der Waals surface area contributed by atoms with Crippen LogP contribution in [0.25, 0.3) is 11.1 Å². The van der Waals surface area contributed by atoms with Crippen LogP contribution in [0, 0.1) is 0 Å². The van der Waals surface area contributed by atoms with Crippen LogP contribution in [0.3, 0.4) is 0 Å². The van der Waals surface area contributed by atoms with Crippen molar-refractivity contribution in [3.8, 4) is 28.4 Å². The van der Waals surface area contributed by atoms with Gasteiger partial charge in [0, 0.05) is 5.56 Å². The first-order valence-electron chi connectivity index (χ1n) is 11.5. The average Bonchev–Trinajstić information content (AvgIpc) is 2.90. The standard InChI is InChI=1S/C28H24N2O8/c29-25-23(27(32)33)22(24(28(34)35)26(31)30-25)18-7-4-8-21(15-18)37-14-13-36-19-9-11-20(12-10-19)38-16-17-5-2-1-3-6-17/h1-12,15H,13-14,16H2,(H,32,33)(H,34,35)(H3,29,30,31). The number of pyridine rings is 1. The van der Waals surface area contributed by atoms with E-state index in [0.717, 1.165) is 5.56 Å². The lowest BCUT2D eigenvalue weighted by atomic mass is 9.95. The largest absolute Gasteiger partial charge is 0.490 e. The Kier molecular flexibility index (Phi) is 7.92. The summed E-state index contributed by atoms with van der Waals surface area (Å²) < 4.78 is 17.2. The van der Waals surface area contributed by atoms with Gasteiger partial charge in [-0.15, -0.1) is 0 Å². The molecule has 0 saturated heterocycles. The van der Waals surface area contributed by atoms with Gasteiger partial charge in [0.1, 0.15) is 54.0 Å². The average molecular weight is 517 g/mol. The first kappa shape index (κ1) is 25.8. The smallest absolute Gasteiger partial charge is 0.342 e. The molecular formula is C28H24N2O8. The number of aromatic carboxylic acids is 2. The van der Waals surface area contributed by atoms with Crippen molar-refractivity contribution in [2.75, 3.05) is 18.9 Å². The number of hydrogen-bond acceptors (Lipinski definition) is 7. The number of rotatable bonds is 11. The molecule has 0 bridgehead atoms. The Bertz CT molecular complexity index is 1500. The predicted molar refractivity (Wildman–Crippen MR) is 139 cm³/mol. The van der Waals surface area contributed by atoms with Gasteiger partial charge >= 0.3 is 11.9 Å². The molecule has 1 aromatic heterocycles. The third kappa shape index (κ3) is 6.11. The van der Waals surface area contributed by atoms with Gasteiger partial charge in [0.25, 0.3) is 5.56 Å². The quantitative estimate of drug-likeness (QED) is 0.215. The number of carbonyl (C=O) groups is 2. The SMILES string of the molecule is Nc1[nH]c(=O)c(C(=O)O)c(-c2cccc(OCCOc3ccc(OCc4ccccc4)cc3)c2)c1C(=O)O. The molecule has 4 aromatic rings. The zero-order valence-corrected chi connectivity index (χ0v) is 20.0. The molecular weight excluding hydrogens is 492 g/mol. The van der Waals surface area contributed by atoms with Crippen LogP contribution in [-0.2, 0) is 6.61 Å². The second kappa shape index (κ2) is 11.7. The molecule has 10 heteroatoms. The van der Waals surface area contributed by atoms with Gasteiger partial charge in [-0.1, -0.05) is 42.5 Å². The third-order valence-corrected chi connectivity index (χ3v) is 5.49. The monoisotopic (exact) mass is 516 g/mol. The summed E-state index contributed by atoms with van der Waals surface area (Å²) in [5.41, 5.74) is 4.35. The second-order valence-corrected chi connectivity index (χ2v) is 8.07. The zero-order valence-electron chi connectivity index (χ0n) is 20.0. The Labute approximate surface area is 216 Å². The Morgan fingerprint density at radius 2 is 1.34 bits per heavy atom. The molecule has 0 amide bonds. The number of hydrogen-bond donors (Lipinski definition) is 4. The van der Waals surface area contributed by atoms with Crippen LogP contribution >= 0.6 is 0 Å². The number of carboxylic acids is 2. The van der Waals surface area contributed by atoms with E-state index in [0.29, 0.717) is 23.9 Å². The summed E-state index contributed by atoms with van der Waals surface area (Å²) in [5, 5.41) is 19.2. The predicted octanol–water partition coefficient (Wildman–Crippen LogP) is 4.06. The van der Waals surface area contributed by atoms with Crippen molar-refractivity contribution in [1.82, 2.24) is 4.98 Å². The molecule has 0 aliphatic rings. The van der Waals surface area contributed by atoms with Crippen LogP contribution in [0.5, 0.6) is 17.2 Å². The molecule has 0 aliphatic carbocycles. The second-order valence-electron chi connectivity index (χ2n) is 8.07. The summed E-state index contributed by atoms with van der Waals surface area (Å²) in [6.07, 6.45) is 0. The number of anilines is 1. The Morgan fingerprint density at radius 1 is 0.737 bits per heavy atom. The maximum Gasteiger partial charge on any atom is 0.342 e. The summed E-state index contributed by atoms with van der Waals surface area (Å²) in [7, 11) is 0. The van der Waals surface area contributed by atoms with Crippen LogP contribution in [0.1, 0.15) is 26.3 Å². The van der Waals surface area contributed by atoms with Crippen LogP contribution in [0.15, 0.2) is 83.7 Å². The summed E-state index contributed by atoms with van der Waals surface area (Å²) >= 11 is 0. The molecule has 0 aliphatic heterocycles. The van der Waals surface area contributed by atoms with Gasteiger partial charge in [-0.05, 0) is 47.5 Å². The Balaban J connectivity index is 1.39. The fraction of sp³-hybridized carbons (Fsp3) is 0.107. The third-order valence-electron chi connectivity index (χ3n) is 5.49. The molecule has 10 nitrogen and oxygen atoms in total. The maximum absolute atomic E-state index is 12.2. The summed E-state index contributed by atoms with van der Waals surface area (Å²) in [6.45, 7) is 0.803. The van der Waals surface area contributed by atoms with E-state index in [1.165, 1.54) is 12.1 Å². The van der Waals surface area contributed by atoms with Gasteiger partial charge in [-0.3, -0.25) is 4.79 Å². The topological polar surface area (TPSA) is 161 Å². The van der Waals surface area contributed by atoms with Crippen molar-refractivity contribution >= 4 is 17.8 Å². The minimum atomic E-state index is -1.58. The molecule has 0 saturated carbocycles. The maximum atomic E-state index is 12.2. The number of carboxylic acid groups (broad SMARTS) is 2. The number of H-pyrrole nitrogens is 1. The zero-order chi connectivity index (χ0) is 27.1. The van der Waals surface area contributed by atoms with E-state index in [1.807, 2.05) is 30.3 Å². The van der Waals surface area contributed by atoms with Gasteiger partial charge in [0.15, 0.2) is 0 Å². The van der Waals surface area contributed by atoms with Crippen molar-refractivity contribution < 1.29 is 34.0 Å². The van der Waals surface area contributed by atoms with E-state index in [4.69, 9.17) is 19.9 Å². The van der Waals surface area contributed by atoms with E-state index < -0.39 is 34.4 Å². The lowest BCUT2D eigenvalue weighted by molar-refractivity contribution is 0.0695. The molecule has 0 spiro atoms. The number of aromatic amines is 1. The van der Waals surface area contributed by atoms with Crippen LogP contribution < -0.4 is 25.5 Å². The molecule has 0 unspecified atom stereocenters. The first-order chi connectivity index (χ1) is 18.3. The van der Waals surface area contributed by atoms with Crippen molar-refractivity contribution in [2.45, 2.75) is 6.61 Å². The van der Waals surface area contributed by atoms with Crippen molar-refractivity contribution in [2.24, 2.45) is 0 Å². The molecule has 3 aromatic carbocycles. The van der Waals surface area contributed by atoms with Gasteiger partial charge in [0.2, 0.25) is 0 Å². The summed E-state index contributed by atoms with van der Waals surface area (Å²) in [5.74, 6) is -1.87. The molecule has 1 heterocycles. The van der Waals surface area contributed by atoms with E-state index in [2.05, 4.69) is 4.98 Å². The molecule has 0 fully saturated rings. The number of ether oxygens (including phenoxy) is 3. The number of nitrogens with one attached hydrogen (secondary N) is 1. The molecule has 38 heavy (non-hydrogen) atoms. The molecule has 0 atom stereocenters. The van der Waals surface area contributed by atoms with E-state index >= 15 is 0 Å². The van der Waals surface area contributed by atoms with Crippen LogP contribution in [0.2, 0.25) is 0 Å². The van der Waals surface area contributed by atoms with Crippen LogP contribution in [-0.4, -0.2) is 40.3 Å². The molecule has 0 radical (unpaired) electrons. The van der Waals surface area contributed by atoms with E-state index in [-0.39, 0.29) is 24.3 Å².